The van der Waals surface area contributed by atoms with Crippen LogP contribution in [0.25, 0.3) is 17.1 Å². The topological polar surface area (TPSA) is 115 Å². The number of nitro benzene ring substituents is 1. The molecule has 0 fully saturated rings. The number of rotatable bonds is 8. The Morgan fingerprint density at radius 1 is 0.900 bits per heavy atom. The van der Waals surface area contributed by atoms with E-state index in [-0.39, 0.29) is 16.5 Å². The Bertz CT molecular complexity index is 1710. The van der Waals surface area contributed by atoms with Crippen LogP contribution in [-0.2, 0) is 0 Å². The van der Waals surface area contributed by atoms with E-state index in [0.29, 0.717) is 37.8 Å². The van der Waals surface area contributed by atoms with Crippen molar-refractivity contribution in [2.75, 3.05) is 5.43 Å². The van der Waals surface area contributed by atoms with Gasteiger partial charge in [-0.25, -0.2) is 0 Å². The number of ketones is 1. The number of thioether (sulfide) groups is 1. The van der Waals surface area contributed by atoms with Crippen LogP contribution < -0.4 is 5.43 Å². The number of anilines is 1. The molecule has 5 aromatic rings. The summed E-state index contributed by atoms with van der Waals surface area (Å²) in [5.41, 5.74) is 4.99. The molecule has 0 amide bonds. The summed E-state index contributed by atoms with van der Waals surface area (Å²) in [5.74, 6) is 0.0962. The first-order chi connectivity index (χ1) is 19.4. The molecule has 0 atom stereocenters. The van der Waals surface area contributed by atoms with Crippen LogP contribution in [0.3, 0.4) is 0 Å². The minimum Gasteiger partial charge on any atom is -0.286 e. The monoisotopic (exact) mass is 588 g/mol. The second-order valence-electron chi connectivity index (χ2n) is 8.23. The lowest BCUT2D eigenvalue weighted by Crippen LogP contribution is -2.14. The largest absolute Gasteiger partial charge is 0.286 e. The number of nitrogens with one attached hydrogen (secondary N) is 1. The summed E-state index contributed by atoms with van der Waals surface area (Å²) < 4.78 is 1.78. The standard InChI is InChI=1S/C28H18Cl2N6O3S/c29-19-11-16-23(24(30)17-19)26-32-34-28(35(26)21-9-5-2-6-10-21)40-27(25(37)18-7-3-1-4-8-18)33-31-20-12-14-22(15-13-20)36(38)39/h1-17,31H/b33-27+. The van der Waals surface area contributed by atoms with Gasteiger partial charge < -0.3 is 0 Å². The Labute approximate surface area is 242 Å². The molecule has 12 heteroatoms. The molecule has 1 N–H and O–H groups in total. The van der Waals surface area contributed by atoms with E-state index in [0.717, 1.165) is 17.4 Å². The second-order valence-corrected chi connectivity index (χ2v) is 10.0. The van der Waals surface area contributed by atoms with Gasteiger partial charge in [-0.2, -0.15) is 5.10 Å². The summed E-state index contributed by atoms with van der Waals surface area (Å²) >= 11 is 13.6. The molecule has 0 saturated heterocycles. The van der Waals surface area contributed by atoms with Gasteiger partial charge in [0, 0.05) is 34.0 Å². The van der Waals surface area contributed by atoms with Crippen molar-refractivity contribution >= 4 is 57.2 Å². The number of carbonyl (C=O) groups is 1. The fourth-order valence-corrected chi connectivity index (χ4v) is 5.02. The van der Waals surface area contributed by atoms with Crippen molar-refractivity contribution in [1.29, 1.82) is 0 Å². The lowest BCUT2D eigenvalue weighted by atomic mass is 10.1. The average Bonchev–Trinajstić information content (AvgIpc) is 3.39. The molecule has 5 rings (SSSR count). The molecule has 0 radical (unpaired) electrons. The van der Waals surface area contributed by atoms with E-state index in [9.17, 15) is 14.9 Å². The predicted molar refractivity (Wildman–Crippen MR) is 158 cm³/mol. The zero-order valence-corrected chi connectivity index (χ0v) is 22.8. The number of non-ortho nitro benzene ring substituents is 1. The molecule has 0 aliphatic heterocycles. The van der Waals surface area contributed by atoms with Gasteiger partial charge in [0.2, 0.25) is 10.9 Å². The van der Waals surface area contributed by atoms with Gasteiger partial charge in [-0.05, 0) is 54.2 Å². The Morgan fingerprint density at radius 2 is 1.57 bits per heavy atom. The molecule has 4 aromatic carbocycles. The number of benzene rings is 4. The van der Waals surface area contributed by atoms with Crippen LogP contribution >= 0.6 is 35.0 Å². The zero-order chi connectivity index (χ0) is 28.1. The number of halogens is 2. The number of carbonyl (C=O) groups excluding carboxylic acids is 1. The first-order valence-corrected chi connectivity index (χ1v) is 13.3. The van der Waals surface area contributed by atoms with E-state index < -0.39 is 4.92 Å². The quantitative estimate of drug-likeness (QED) is 0.0496. The molecule has 1 heterocycles. The van der Waals surface area contributed by atoms with Crippen LogP contribution in [-0.4, -0.2) is 30.5 Å². The highest BCUT2D eigenvalue weighted by Crippen LogP contribution is 2.34. The van der Waals surface area contributed by atoms with E-state index in [1.54, 1.807) is 47.0 Å². The fraction of sp³-hybridized carbons (Fsp3) is 0. The van der Waals surface area contributed by atoms with Crippen molar-refractivity contribution in [2.24, 2.45) is 5.10 Å². The van der Waals surface area contributed by atoms with Gasteiger partial charge in [0.05, 0.1) is 15.6 Å². The number of nitro groups is 1. The molecule has 0 aliphatic rings. The molecule has 0 bridgehead atoms. The van der Waals surface area contributed by atoms with Crippen LogP contribution in [0.1, 0.15) is 10.4 Å². The molecule has 0 saturated carbocycles. The van der Waals surface area contributed by atoms with Gasteiger partial charge in [0.15, 0.2) is 10.9 Å². The highest BCUT2D eigenvalue weighted by atomic mass is 35.5. The van der Waals surface area contributed by atoms with Crippen LogP contribution in [0.5, 0.6) is 0 Å². The molecule has 0 unspecified atom stereocenters. The number of nitrogens with zero attached hydrogens (tertiary/aromatic N) is 5. The Hall–Kier alpha value is -4.51. The van der Waals surface area contributed by atoms with Crippen molar-refractivity contribution in [3.63, 3.8) is 0 Å². The van der Waals surface area contributed by atoms with Crippen molar-refractivity contribution < 1.29 is 9.72 Å². The van der Waals surface area contributed by atoms with E-state index in [4.69, 9.17) is 23.2 Å². The Balaban J connectivity index is 1.57. The van der Waals surface area contributed by atoms with Gasteiger partial charge in [0.1, 0.15) is 0 Å². The number of para-hydroxylation sites is 1. The highest BCUT2D eigenvalue weighted by Gasteiger charge is 2.24. The summed E-state index contributed by atoms with van der Waals surface area (Å²) in [7, 11) is 0. The van der Waals surface area contributed by atoms with Crippen LogP contribution in [0.2, 0.25) is 10.0 Å². The first kappa shape index (κ1) is 27.1. The van der Waals surface area contributed by atoms with Gasteiger partial charge in [-0.15, -0.1) is 10.2 Å². The smallest absolute Gasteiger partial charge is 0.269 e. The summed E-state index contributed by atoms with van der Waals surface area (Å²) in [6.07, 6.45) is 0. The predicted octanol–water partition coefficient (Wildman–Crippen LogP) is 7.55. The summed E-state index contributed by atoms with van der Waals surface area (Å²) in [6.45, 7) is 0. The van der Waals surface area contributed by atoms with Crippen LogP contribution in [0.15, 0.2) is 113 Å². The number of hydrogen-bond donors (Lipinski definition) is 1. The molecular formula is C28H18Cl2N6O3S. The Kier molecular flexibility index (Phi) is 8.20. The minimum atomic E-state index is -0.492. The van der Waals surface area contributed by atoms with E-state index in [1.807, 2.05) is 36.4 Å². The summed E-state index contributed by atoms with van der Waals surface area (Å²) in [5, 5.41) is 25.5. The van der Waals surface area contributed by atoms with E-state index in [1.165, 1.54) is 24.3 Å². The highest BCUT2D eigenvalue weighted by molar-refractivity contribution is 8.15. The maximum absolute atomic E-state index is 13.6. The number of aromatic nitrogens is 3. The maximum Gasteiger partial charge on any atom is 0.269 e. The Morgan fingerprint density at radius 3 is 2.23 bits per heavy atom. The minimum absolute atomic E-state index is 0.0613. The summed E-state index contributed by atoms with van der Waals surface area (Å²) in [4.78, 5) is 24.1. The molecule has 0 spiro atoms. The van der Waals surface area contributed by atoms with Gasteiger partial charge in [-0.1, -0.05) is 71.7 Å². The van der Waals surface area contributed by atoms with E-state index in [2.05, 4.69) is 20.7 Å². The number of Topliss-reactive ketones (excluding diaryl/α,β-unsaturated/α-hetero) is 1. The van der Waals surface area contributed by atoms with Gasteiger partial charge in [-0.3, -0.25) is 24.9 Å². The lowest BCUT2D eigenvalue weighted by Gasteiger charge is -2.12. The van der Waals surface area contributed by atoms with Crippen LogP contribution in [0.4, 0.5) is 11.4 Å². The third-order valence-corrected chi connectivity index (χ3v) is 7.07. The molecule has 198 valence electrons. The lowest BCUT2D eigenvalue weighted by molar-refractivity contribution is -0.384. The van der Waals surface area contributed by atoms with Crippen molar-refractivity contribution in [2.45, 2.75) is 5.16 Å². The molecule has 1 aromatic heterocycles. The third kappa shape index (κ3) is 6.04. The van der Waals surface area contributed by atoms with Gasteiger partial charge in [0.25, 0.3) is 5.69 Å². The molecular weight excluding hydrogens is 571 g/mol. The maximum atomic E-state index is 13.6. The fourth-order valence-electron chi connectivity index (χ4n) is 3.68. The SMILES string of the molecule is O=C(/C(=N\Nc1ccc([N+](=O)[O-])cc1)Sc1nnc(-c2ccc(Cl)cc2Cl)n1-c1ccccc1)c1ccccc1. The van der Waals surface area contributed by atoms with Gasteiger partial charge >= 0.3 is 0 Å². The molecule has 0 aliphatic carbocycles. The molecule has 9 nitrogen and oxygen atoms in total. The van der Waals surface area contributed by atoms with Crippen molar-refractivity contribution in [3.05, 3.63) is 129 Å². The molecule has 40 heavy (non-hydrogen) atoms. The second kappa shape index (κ2) is 12.1. The number of hydrazone groups is 1. The van der Waals surface area contributed by atoms with Crippen LogP contribution in [0, 0.1) is 10.1 Å². The van der Waals surface area contributed by atoms with E-state index >= 15 is 0 Å². The number of hydrogen-bond acceptors (Lipinski definition) is 8. The zero-order valence-electron chi connectivity index (χ0n) is 20.4. The van der Waals surface area contributed by atoms with Crippen molar-refractivity contribution in [1.82, 2.24) is 14.8 Å². The third-order valence-electron chi connectivity index (χ3n) is 5.60. The normalized spacial score (nSPS) is 11.3. The summed E-state index contributed by atoms with van der Waals surface area (Å²) in [6, 6.07) is 28.9. The average molecular weight is 589 g/mol. The first-order valence-electron chi connectivity index (χ1n) is 11.7. The van der Waals surface area contributed by atoms with Crippen molar-refractivity contribution in [3.8, 4) is 17.1 Å².